The number of halogens is 1. The van der Waals surface area contributed by atoms with E-state index >= 15 is 0 Å². The van der Waals surface area contributed by atoms with Gasteiger partial charge in [0.25, 0.3) is 0 Å². The van der Waals surface area contributed by atoms with Crippen LogP contribution in [0.1, 0.15) is 25.3 Å². The summed E-state index contributed by atoms with van der Waals surface area (Å²) in [5.74, 6) is 0.958. The van der Waals surface area contributed by atoms with E-state index in [0.717, 1.165) is 47.6 Å². The van der Waals surface area contributed by atoms with Gasteiger partial charge in [0.1, 0.15) is 0 Å². The molecule has 1 fully saturated rings. The molecule has 1 amide bonds. The summed E-state index contributed by atoms with van der Waals surface area (Å²) in [6.45, 7) is 6.49. The van der Waals surface area contributed by atoms with E-state index in [0.29, 0.717) is 6.54 Å². The molecule has 0 radical (unpaired) electrons. The second-order valence-electron chi connectivity index (χ2n) is 5.38. The van der Waals surface area contributed by atoms with Gasteiger partial charge in [0.2, 0.25) is 5.91 Å². The van der Waals surface area contributed by atoms with E-state index in [2.05, 4.69) is 34.2 Å². The molecule has 1 aromatic rings. The van der Waals surface area contributed by atoms with Crippen LogP contribution in [-0.2, 0) is 4.79 Å². The smallest absolute Gasteiger partial charge is 0.241 e. The maximum Gasteiger partial charge on any atom is 0.241 e. The second kappa shape index (κ2) is 6.42. The van der Waals surface area contributed by atoms with Gasteiger partial charge < -0.3 is 10.2 Å². The zero-order chi connectivity index (χ0) is 13.8. The fraction of sp³-hybridized carbons (Fsp3) is 0.533. The Morgan fingerprint density at radius 1 is 1.42 bits per heavy atom. The van der Waals surface area contributed by atoms with Crippen molar-refractivity contribution in [2.24, 2.45) is 5.92 Å². The third-order valence-electron chi connectivity index (χ3n) is 3.75. The van der Waals surface area contributed by atoms with Crippen molar-refractivity contribution in [2.45, 2.75) is 26.7 Å². The minimum absolute atomic E-state index is 0.203. The van der Waals surface area contributed by atoms with E-state index in [4.69, 9.17) is 0 Å². The molecule has 1 aliphatic rings. The van der Waals surface area contributed by atoms with E-state index in [1.165, 1.54) is 0 Å². The Morgan fingerprint density at radius 3 is 2.74 bits per heavy atom. The third-order valence-corrected chi connectivity index (χ3v) is 4.25. The van der Waals surface area contributed by atoms with Crippen molar-refractivity contribution in [1.29, 1.82) is 0 Å². The van der Waals surface area contributed by atoms with Gasteiger partial charge >= 0.3 is 0 Å². The number of hydrogen-bond acceptors (Lipinski definition) is 2. The van der Waals surface area contributed by atoms with E-state index in [9.17, 15) is 4.79 Å². The lowest BCUT2D eigenvalue weighted by atomic mass is 9.99. The molecular weight excluding hydrogens is 304 g/mol. The van der Waals surface area contributed by atoms with Crippen LogP contribution < -0.4 is 5.32 Å². The van der Waals surface area contributed by atoms with Crippen molar-refractivity contribution in [3.05, 3.63) is 28.2 Å². The van der Waals surface area contributed by atoms with Crippen molar-refractivity contribution < 1.29 is 4.79 Å². The first-order valence-electron chi connectivity index (χ1n) is 6.84. The highest BCUT2D eigenvalue weighted by atomic mass is 79.9. The Hall–Kier alpha value is -1.03. The highest BCUT2D eigenvalue weighted by Gasteiger charge is 2.19. The van der Waals surface area contributed by atoms with E-state index < -0.39 is 0 Å². The average Bonchev–Trinajstić information content (AvgIpc) is 2.38. The summed E-state index contributed by atoms with van der Waals surface area (Å²) in [7, 11) is 0. The van der Waals surface area contributed by atoms with Crippen LogP contribution in [0.5, 0.6) is 0 Å². The van der Waals surface area contributed by atoms with Gasteiger partial charge in [-0.2, -0.15) is 0 Å². The highest BCUT2D eigenvalue weighted by molar-refractivity contribution is 9.10. The molecular formula is C15H21BrN2O. The van der Waals surface area contributed by atoms with Crippen LogP contribution in [0.3, 0.4) is 0 Å². The molecule has 0 atom stereocenters. The largest absolute Gasteiger partial charge is 0.376 e. The number of rotatable bonds is 3. The molecule has 1 aliphatic heterocycles. The molecule has 0 saturated carbocycles. The normalized spacial score (nSPS) is 16.5. The molecule has 1 aromatic carbocycles. The number of likely N-dealkylation sites (tertiary alicyclic amines) is 1. The minimum Gasteiger partial charge on any atom is -0.376 e. The average molecular weight is 325 g/mol. The number of nitrogens with zero attached hydrogens (tertiary/aromatic N) is 1. The molecule has 0 aromatic heterocycles. The molecule has 19 heavy (non-hydrogen) atoms. The van der Waals surface area contributed by atoms with E-state index in [1.54, 1.807) is 0 Å². The quantitative estimate of drug-likeness (QED) is 0.923. The number of amides is 1. The SMILES string of the molecule is Cc1cc(Br)ccc1NCC(=O)N1CCC(C)CC1. The summed E-state index contributed by atoms with van der Waals surface area (Å²) < 4.78 is 1.06. The molecule has 1 N–H and O–H groups in total. The summed E-state index contributed by atoms with van der Waals surface area (Å²) in [5.41, 5.74) is 2.18. The molecule has 2 rings (SSSR count). The summed E-state index contributed by atoms with van der Waals surface area (Å²) in [4.78, 5) is 14.1. The zero-order valence-corrected chi connectivity index (χ0v) is 13.2. The van der Waals surface area contributed by atoms with Crippen molar-refractivity contribution in [3.8, 4) is 0 Å². The number of carbonyl (C=O) groups excluding carboxylic acids is 1. The summed E-state index contributed by atoms with van der Waals surface area (Å²) >= 11 is 3.44. The third kappa shape index (κ3) is 3.96. The van der Waals surface area contributed by atoms with Crippen LogP contribution >= 0.6 is 15.9 Å². The van der Waals surface area contributed by atoms with Gasteiger partial charge in [-0.15, -0.1) is 0 Å². The molecule has 0 spiro atoms. The monoisotopic (exact) mass is 324 g/mol. The summed E-state index contributed by atoms with van der Waals surface area (Å²) in [6, 6.07) is 6.04. The van der Waals surface area contributed by atoms with Gasteiger partial charge in [0.05, 0.1) is 6.54 Å². The lowest BCUT2D eigenvalue weighted by Crippen LogP contribution is -2.40. The van der Waals surface area contributed by atoms with Crippen LogP contribution in [-0.4, -0.2) is 30.4 Å². The lowest BCUT2D eigenvalue weighted by Gasteiger charge is -2.30. The van der Waals surface area contributed by atoms with Crippen molar-refractivity contribution in [1.82, 2.24) is 4.90 Å². The number of anilines is 1. The number of piperidine rings is 1. The van der Waals surface area contributed by atoms with Gasteiger partial charge in [0.15, 0.2) is 0 Å². The Bertz CT molecular complexity index is 453. The summed E-state index contributed by atoms with van der Waals surface area (Å²) in [6.07, 6.45) is 2.26. The van der Waals surface area contributed by atoms with Crippen LogP contribution in [0.25, 0.3) is 0 Å². The van der Waals surface area contributed by atoms with Crippen LogP contribution in [0.2, 0.25) is 0 Å². The molecule has 4 heteroatoms. The fourth-order valence-electron chi connectivity index (χ4n) is 2.37. The van der Waals surface area contributed by atoms with Gasteiger partial charge in [-0.1, -0.05) is 22.9 Å². The number of hydrogen-bond donors (Lipinski definition) is 1. The molecule has 1 saturated heterocycles. The first kappa shape index (κ1) is 14.4. The number of benzene rings is 1. The molecule has 3 nitrogen and oxygen atoms in total. The topological polar surface area (TPSA) is 32.3 Å². The molecule has 0 aliphatic carbocycles. The van der Waals surface area contributed by atoms with Gasteiger partial charge in [0, 0.05) is 23.2 Å². The number of carbonyl (C=O) groups is 1. The lowest BCUT2D eigenvalue weighted by molar-refractivity contribution is -0.130. The Morgan fingerprint density at radius 2 is 2.11 bits per heavy atom. The first-order chi connectivity index (χ1) is 9.06. The zero-order valence-electron chi connectivity index (χ0n) is 11.6. The minimum atomic E-state index is 0.203. The van der Waals surface area contributed by atoms with E-state index in [-0.39, 0.29) is 5.91 Å². The van der Waals surface area contributed by atoms with Crippen molar-refractivity contribution in [3.63, 3.8) is 0 Å². The fourth-order valence-corrected chi connectivity index (χ4v) is 2.84. The van der Waals surface area contributed by atoms with Crippen molar-refractivity contribution >= 4 is 27.5 Å². The maximum atomic E-state index is 12.1. The van der Waals surface area contributed by atoms with E-state index in [1.807, 2.05) is 24.0 Å². The van der Waals surface area contributed by atoms with Crippen LogP contribution in [0.15, 0.2) is 22.7 Å². The predicted octanol–water partition coefficient (Wildman–Crippen LogP) is 3.43. The molecule has 0 bridgehead atoms. The standard InChI is InChI=1S/C15H21BrN2O/c1-11-5-7-18(8-6-11)15(19)10-17-14-4-3-13(16)9-12(14)2/h3-4,9,11,17H,5-8,10H2,1-2H3. The predicted molar refractivity (Wildman–Crippen MR) is 82.3 cm³/mol. The Kier molecular flexibility index (Phi) is 4.86. The van der Waals surface area contributed by atoms with Crippen molar-refractivity contribution in [2.75, 3.05) is 25.0 Å². The summed E-state index contributed by atoms with van der Waals surface area (Å²) in [5, 5.41) is 3.24. The van der Waals surface area contributed by atoms with Gasteiger partial charge in [-0.25, -0.2) is 0 Å². The van der Waals surface area contributed by atoms with Gasteiger partial charge in [-0.3, -0.25) is 4.79 Å². The molecule has 1 heterocycles. The van der Waals surface area contributed by atoms with Gasteiger partial charge in [-0.05, 0) is 49.4 Å². The molecule has 104 valence electrons. The Labute approximate surface area is 123 Å². The molecule has 0 unspecified atom stereocenters. The maximum absolute atomic E-state index is 12.1. The number of nitrogens with one attached hydrogen (secondary N) is 1. The Balaban J connectivity index is 1.86. The highest BCUT2D eigenvalue weighted by Crippen LogP contribution is 2.20. The van der Waals surface area contributed by atoms with Crippen LogP contribution in [0, 0.1) is 12.8 Å². The number of aryl methyl sites for hydroxylation is 1. The van der Waals surface area contributed by atoms with Crippen LogP contribution in [0.4, 0.5) is 5.69 Å². The first-order valence-corrected chi connectivity index (χ1v) is 7.63. The second-order valence-corrected chi connectivity index (χ2v) is 6.29.